The van der Waals surface area contributed by atoms with Crippen LogP contribution in [0.5, 0.6) is 5.88 Å². The van der Waals surface area contributed by atoms with Gasteiger partial charge in [0.25, 0.3) is 0 Å². The molecule has 0 saturated heterocycles. The van der Waals surface area contributed by atoms with Crippen LogP contribution in [0.15, 0.2) is 53.6 Å². The number of nitrogens with two attached hydrogens (primary N) is 1. The number of carboxylic acid groups (broad SMARTS) is 1. The molecule has 4 rings (SSSR count). The molecule has 9 nitrogen and oxygen atoms in total. The number of hydrogen-bond acceptors (Lipinski definition) is 7. The summed E-state index contributed by atoms with van der Waals surface area (Å²) < 4.78 is 34.0. The molecule has 39 heavy (non-hydrogen) atoms. The van der Waals surface area contributed by atoms with Gasteiger partial charge < -0.3 is 20.9 Å². The minimum absolute atomic E-state index is 0.0353. The van der Waals surface area contributed by atoms with E-state index < -0.39 is 27.3 Å². The van der Waals surface area contributed by atoms with Crippen molar-refractivity contribution in [3.05, 3.63) is 76.5 Å². The van der Waals surface area contributed by atoms with Gasteiger partial charge in [0.2, 0.25) is 15.9 Å². The number of pyridine rings is 1. The van der Waals surface area contributed by atoms with Crippen molar-refractivity contribution in [1.29, 1.82) is 0 Å². The van der Waals surface area contributed by atoms with Crippen molar-refractivity contribution in [2.45, 2.75) is 52.0 Å². The minimum Gasteiger partial charge on any atom is -0.481 e. The quantitative estimate of drug-likeness (QED) is 0.347. The number of aromatic nitrogens is 1. The average Bonchev–Trinajstić information content (AvgIpc) is 3.01. The molecule has 0 bridgehead atoms. The lowest BCUT2D eigenvalue weighted by Crippen LogP contribution is -2.33. The molecule has 1 aromatic heterocycles. The maximum atomic E-state index is 13.5. The number of anilines is 2. The molecule has 2 aromatic carbocycles. The van der Waals surface area contributed by atoms with Gasteiger partial charge in [-0.2, -0.15) is 4.31 Å². The van der Waals surface area contributed by atoms with Crippen LogP contribution in [0.1, 0.15) is 54.5 Å². The van der Waals surface area contributed by atoms with E-state index in [-0.39, 0.29) is 30.5 Å². The fourth-order valence-electron chi connectivity index (χ4n) is 5.09. The van der Waals surface area contributed by atoms with Crippen LogP contribution < -0.4 is 15.8 Å². The molecule has 0 radical (unpaired) electrons. The number of sulfonamides is 1. The van der Waals surface area contributed by atoms with E-state index in [4.69, 9.17) is 10.5 Å². The van der Waals surface area contributed by atoms with E-state index in [0.29, 0.717) is 12.2 Å². The van der Waals surface area contributed by atoms with Crippen LogP contribution in [0.25, 0.3) is 0 Å². The van der Waals surface area contributed by atoms with Gasteiger partial charge in [-0.05, 0) is 80.6 Å². The predicted octanol–water partition coefficient (Wildman–Crippen LogP) is 4.54. The highest BCUT2D eigenvalue weighted by Gasteiger charge is 2.40. The lowest BCUT2D eigenvalue weighted by atomic mass is 9.69. The molecule has 1 aliphatic rings. The zero-order valence-electron chi connectivity index (χ0n) is 23.0. The van der Waals surface area contributed by atoms with Gasteiger partial charge in [0.1, 0.15) is 11.5 Å². The molecule has 0 spiro atoms. The van der Waals surface area contributed by atoms with Crippen LogP contribution in [0, 0.1) is 19.3 Å². The molecule has 0 saturated carbocycles. The average molecular weight is 553 g/mol. The Morgan fingerprint density at radius 1 is 1.23 bits per heavy atom. The van der Waals surface area contributed by atoms with Crippen LogP contribution in [-0.2, 0) is 21.4 Å². The monoisotopic (exact) mass is 552 g/mol. The first-order chi connectivity index (χ1) is 18.4. The highest BCUT2D eigenvalue weighted by molar-refractivity contribution is 7.89. The number of rotatable bonds is 8. The standard InChI is InChI=1S/C29H36N4O5S/c1-6-31-23-12-11-22(19(3)26(23)30)25(29(4,5)28(34)35)20-10-9-18(2)21(16-20)17-33-14-15-38-27-24(39(33,36)37)8-7-13-32-27/h7-13,16,25,31H,6,14-15,17,30H2,1-5H3,(H,34,35). The van der Waals surface area contributed by atoms with Gasteiger partial charge in [0, 0.05) is 31.7 Å². The highest BCUT2D eigenvalue weighted by Crippen LogP contribution is 2.45. The first-order valence-electron chi connectivity index (χ1n) is 12.9. The van der Waals surface area contributed by atoms with Crippen molar-refractivity contribution in [3.8, 4) is 5.88 Å². The third kappa shape index (κ3) is 5.31. The van der Waals surface area contributed by atoms with Crippen LogP contribution in [0.3, 0.4) is 0 Å². The van der Waals surface area contributed by atoms with Crippen molar-refractivity contribution in [2.24, 2.45) is 5.41 Å². The number of aryl methyl sites for hydroxylation is 1. The summed E-state index contributed by atoms with van der Waals surface area (Å²) in [5, 5.41) is 13.5. The molecule has 3 aromatic rings. The summed E-state index contributed by atoms with van der Waals surface area (Å²) in [6, 6.07) is 12.6. The summed E-state index contributed by atoms with van der Waals surface area (Å²) >= 11 is 0. The molecule has 0 fully saturated rings. The molecule has 2 heterocycles. The Labute approximate surface area is 230 Å². The van der Waals surface area contributed by atoms with Gasteiger partial charge in [-0.15, -0.1) is 0 Å². The summed E-state index contributed by atoms with van der Waals surface area (Å²) in [7, 11) is -3.86. The number of carbonyl (C=O) groups is 1. The number of nitrogens with zero attached hydrogens (tertiary/aromatic N) is 2. The maximum absolute atomic E-state index is 13.5. The second kappa shape index (κ2) is 10.9. The van der Waals surface area contributed by atoms with Crippen molar-refractivity contribution in [3.63, 3.8) is 0 Å². The van der Waals surface area contributed by atoms with Crippen molar-refractivity contribution < 1.29 is 23.1 Å². The number of fused-ring (bicyclic) bond motifs is 1. The van der Waals surface area contributed by atoms with Crippen molar-refractivity contribution >= 4 is 27.4 Å². The fraction of sp³-hybridized carbons (Fsp3) is 0.379. The van der Waals surface area contributed by atoms with E-state index in [9.17, 15) is 18.3 Å². The molecule has 208 valence electrons. The molecule has 1 atom stereocenters. The number of nitrogens with one attached hydrogen (secondary N) is 1. The largest absolute Gasteiger partial charge is 0.481 e. The first-order valence-corrected chi connectivity index (χ1v) is 14.4. The number of carboxylic acids is 1. The zero-order chi connectivity index (χ0) is 28.5. The second-order valence-corrected chi connectivity index (χ2v) is 12.3. The maximum Gasteiger partial charge on any atom is 0.310 e. The van der Waals surface area contributed by atoms with Gasteiger partial charge in [0.05, 0.1) is 16.8 Å². The third-order valence-electron chi connectivity index (χ3n) is 7.49. The summed E-state index contributed by atoms with van der Waals surface area (Å²) in [5.74, 6) is -1.39. The number of aliphatic carboxylic acids is 1. The van der Waals surface area contributed by atoms with Crippen LogP contribution >= 0.6 is 0 Å². The smallest absolute Gasteiger partial charge is 0.310 e. The molecule has 4 N–H and O–H groups in total. The number of benzene rings is 2. The Kier molecular flexibility index (Phi) is 7.90. The van der Waals surface area contributed by atoms with Crippen molar-refractivity contribution in [1.82, 2.24) is 9.29 Å². The number of ether oxygens (including phenoxy) is 1. The van der Waals surface area contributed by atoms with Crippen molar-refractivity contribution in [2.75, 3.05) is 30.7 Å². The van der Waals surface area contributed by atoms with E-state index in [1.807, 2.05) is 51.1 Å². The summed E-state index contributed by atoms with van der Waals surface area (Å²) in [5.41, 5.74) is 10.7. The summed E-state index contributed by atoms with van der Waals surface area (Å²) in [4.78, 5) is 16.7. The Morgan fingerprint density at radius 3 is 2.67 bits per heavy atom. The Hall–Kier alpha value is -3.63. The van der Waals surface area contributed by atoms with E-state index in [1.165, 1.54) is 16.6 Å². The minimum atomic E-state index is -3.86. The van der Waals surface area contributed by atoms with Crippen LogP contribution in [-0.4, -0.2) is 48.5 Å². The molecule has 10 heteroatoms. The highest BCUT2D eigenvalue weighted by atomic mass is 32.2. The van der Waals surface area contributed by atoms with Gasteiger partial charge in [-0.1, -0.05) is 24.3 Å². The lowest BCUT2D eigenvalue weighted by molar-refractivity contribution is -0.147. The fourth-order valence-corrected chi connectivity index (χ4v) is 6.58. The van der Waals surface area contributed by atoms with E-state index >= 15 is 0 Å². The zero-order valence-corrected chi connectivity index (χ0v) is 23.8. The van der Waals surface area contributed by atoms with Gasteiger partial charge >= 0.3 is 5.97 Å². The summed E-state index contributed by atoms with van der Waals surface area (Å²) in [6.07, 6.45) is 1.50. The predicted molar refractivity (Wildman–Crippen MR) is 152 cm³/mol. The topological polar surface area (TPSA) is 135 Å². The molecule has 1 aliphatic heterocycles. The molecular formula is C29H36N4O5S. The Bertz CT molecular complexity index is 1500. The third-order valence-corrected chi connectivity index (χ3v) is 9.35. The van der Waals surface area contributed by atoms with Crippen LogP contribution in [0.2, 0.25) is 0 Å². The molecule has 0 amide bonds. The van der Waals surface area contributed by atoms with Gasteiger partial charge in [0.15, 0.2) is 0 Å². The second-order valence-electron chi connectivity index (χ2n) is 10.4. The normalized spacial score (nSPS) is 16.0. The number of nitrogen functional groups attached to an aromatic ring is 1. The summed E-state index contributed by atoms with van der Waals surface area (Å²) in [6.45, 7) is 10.4. The Balaban J connectivity index is 1.80. The molecular weight excluding hydrogens is 516 g/mol. The SMILES string of the molecule is CCNc1ccc(C(c2ccc(C)c(CN3CCOc4ncccc4S3(=O)=O)c2)C(C)(C)C(=O)O)c(C)c1N. The van der Waals surface area contributed by atoms with Gasteiger partial charge in [-0.3, -0.25) is 4.79 Å². The van der Waals surface area contributed by atoms with E-state index in [2.05, 4.69) is 10.3 Å². The van der Waals surface area contributed by atoms with Gasteiger partial charge in [-0.25, -0.2) is 13.4 Å². The van der Waals surface area contributed by atoms with E-state index in [0.717, 1.165) is 33.5 Å². The number of hydrogen-bond donors (Lipinski definition) is 3. The Morgan fingerprint density at radius 2 is 1.97 bits per heavy atom. The first kappa shape index (κ1) is 28.4. The van der Waals surface area contributed by atoms with Crippen LogP contribution in [0.4, 0.5) is 11.4 Å². The molecule has 0 aliphatic carbocycles. The molecule has 1 unspecified atom stereocenters. The lowest BCUT2D eigenvalue weighted by Gasteiger charge is -2.34. The van der Waals surface area contributed by atoms with E-state index in [1.54, 1.807) is 19.9 Å².